The van der Waals surface area contributed by atoms with Crippen LogP contribution in [0.3, 0.4) is 0 Å². The van der Waals surface area contributed by atoms with Gasteiger partial charge in [0.25, 0.3) is 0 Å². The Morgan fingerprint density at radius 3 is 2.68 bits per heavy atom. The highest BCUT2D eigenvalue weighted by atomic mass is 79.9. The number of rotatable bonds is 2. The molecule has 1 unspecified atom stereocenters. The van der Waals surface area contributed by atoms with E-state index in [0.717, 1.165) is 10.4 Å². The average Bonchev–Trinajstić information content (AvgIpc) is 2.64. The minimum absolute atomic E-state index is 0.00275. The van der Waals surface area contributed by atoms with Crippen molar-refractivity contribution in [2.24, 2.45) is 0 Å². The molecule has 106 valence electrons. The highest BCUT2D eigenvalue weighted by Crippen LogP contribution is 2.31. The second-order valence-electron chi connectivity index (χ2n) is 4.90. The van der Waals surface area contributed by atoms with Gasteiger partial charge in [0.05, 0.1) is 10.1 Å². The van der Waals surface area contributed by atoms with E-state index >= 15 is 0 Å². The third-order valence-corrected chi connectivity index (χ3v) is 5.47. The molecule has 1 saturated heterocycles. The first-order valence-corrected chi connectivity index (χ1v) is 7.84. The fraction of sp³-hybridized carbons (Fsp3) is 0.455. The molecule has 1 fully saturated rings. The molecule has 0 aliphatic carbocycles. The molecule has 1 aliphatic rings. The number of sulfonamides is 1. The van der Waals surface area contributed by atoms with Crippen molar-refractivity contribution in [1.29, 1.82) is 0 Å². The first-order valence-electron chi connectivity index (χ1n) is 5.60. The van der Waals surface area contributed by atoms with E-state index in [1.54, 1.807) is 6.92 Å². The molecule has 2 rings (SSSR count). The summed E-state index contributed by atoms with van der Waals surface area (Å²) in [6, 6.07) is 2.39. The van der Waals surface area contributed by atoms with Gasteiger partial charge in [-0.05, 0) is 41.4 Å². The lowest BCUT2D eigenvalue weighted by Crippen LogP contribution is -2.34. The molecule has 3 N–H and O–H groups in total. The number of benzene rings is 1. The Hall–Kier alpha value is -0.700. The molecule has 0 aromatic heterocycles. The van der Waals surface area contributed by atoms with E-state index in [9.17, 15) is 17.9 Å². The highest BCUT2D eigenvalue weighted by Gasteiger charge is 2.39. The maximum Gasteiger partial charge on any atom is 0.246 e. The number of β-amino-alcohol motifs (C(OH)–C–C–N with tert-alkyl or cyclic N) is 1. The lowest BCUT2D eigenvalue weighted by molar-refractivity contribution is 0.0762. The van der Waals surface area contributed by atoms with Crippen LogP contribution in [-0.4, -0.2) is 36.5 Å². The van der Waals surface area contributed by atoms with Crippen LogP contribution >= 0.6 is 15.9 Å². The van der Waals surface area contributed by atoms with Gasteiger partial charge in [-0.1, -0.05) is 0 Å². The summed E-state index contributed by atoms with van der Waals surface area (Å²) < 4.78 is 39.7. The summed E-state index contributed by atoms with van der Waals surface area (Å²) in [5.41, 5.74) is 4.62. The van der Waals surface area contributed by atoms with Gasteiger partial charge < -0.3 is 10.8 Å². The maximum absolute atomic E-state index is 14.0. The third kappa shape index (κ3) is 2.76. The molecule has 1 aliphatic heterocycles. The van der Waals surface area contributed by atoms with E-state index in [4.69, 9.17) is 5.73 Å². The summed E-state index contributed by atoms with van der Waals surface area (Å²) >= 11 is 2.93. The summed E-state index contributed by atoms with van der Waals surface area (Å²) in [4.78, 5) is -0.475. The molecule has 1 atom stereocenters. The Morgan fingerprint density at radius 2 is 2.16 bits per heavy atom. The summed E-state index contributed by atoms with van der Waals surface area (Å²) in [5, 5.41) is 9.82. The van der Waals surface area contributed by atoms with Crippen LogP contribution in [0.4, 0.5) is 10.1 Å². The van der Waals surface area contributed by atoms with Crippen LogP contribution in [0, 0.1) is 5.82 Å². The molecule has 0 spiro atoms. The van der Waals surface area contributed by atoms with Crippen LogP contribution in [0.15, 0.2) is 21.5 Å². The van der Waals surface area contributed by atoms with Crippen LogP contribution in [0.2, 0.25) is 0 Å². The SMILES string of the molecule is CC1(O)CCN(S(=O)(=O)c2cc(N)cc(Br)c2F)C1. The zero-order chi connectivity index (χ0) is 14.4. The lowest BCUT2D eigenvalue weighted by Gasteiger charge is -2.19. The van der Waals surface area contributed by atoms with Crippen molar-refractivity contribution in [3.05, 3.63) is 22.4 Å². The summed E-state index contributed by atoms with van der Waals surface area (Å²) in [7, 11) is -4.00. The van der Waals surface area contributed by atoms with Crippen LogP contribution in [-0.2, 0) is 10.0 Å². The van der Waals surface area contributed by atoms with Crippen molar-refractivity contribution >= 4 is 31.6 Å². The van der Waals surface area contributed by atoms with Gasteiger partial charge in [-0.15, -0.1) is 0 Å². The first-order chi connectivity index (χ1) is 8.63. The Bertz CT molecular complexity index is 619. The zero-order valence-electron chi connectivity index (χ0n) is 10.2. The first kappa shape index (κ1) is 14.7. The van der Waals surface area contributed by atoms with Crippen LogP contribution in [0.5, 0.6) is 0 Å². The Balaban J connectivity index is 2.47. The molecule has 5 nitrogen and oxygen atoms in total. The van der Waals surface area contributed by atoms with E-state index < -0.39 is 26.3 Å². The third-order valence-electron chi connectivity index (χ3n) is 3.05. The van der Waals surface area contributed by atoms with Crippen molar-refractivity contribution < 1.29 is 17.9 Å². The minimum atomic E-state index is -4.00. The van der Waals surface area contributed by atoms with Gasteiger partial charge in [-0.3, -0.25) is 0 Å². The molecule has 0 amide bonds. The van der Waals surface area contributed by atoms with Gasteiger partial charge in [0.15, 0.2) is 5.82 Å². The summed E-state index contributed by atoms with van der Waals surface area (Å²) in [5.74, 6) is -0.874. The van der Waals surface area contributed by atoms with Crippen LogP contribution in [0.1, 0.15) is 13.3 Å². The quantitative estimate of drug-likeness (QED) is 0.786. The molecule has 0 bridgehead atoms. The van der Waals surface area contributed by atoms with Crippen molar-refractivity contribution in [3.8, 4) is 0 Å². The maximum atomic E-state index is 14.0. The fourth-order valence-corrected chi connectivity index (χ4v) is 4.31. The van der Waals surface area contributed by atoms with E-state index in [0.29, 0.717) is 6.42 Å². The summed E-state index contributed by atoms with van der Waals surface area (Å²) in [6.07, 6.45) is 0.317. The monoisotopic (exact) mass is 352 g/mol. The van der Waals surface area contributed by atoms with Crippen molar-refractivity contribution in [2.75, 3.05) is 18.8 Å². The van der Waals surface area contributed by atoms with Gasteiger partial charge in [0, 0.05) is 18.8 Å². The second kappa shape index (κ2) is 4.69. The fourth-order valence-electron chi connectivity index (χ4n) is 2.02. The number of aliphatic hydroxyl groups is 1. The van der Waals surface area contributed by atoms with E-state index in [1.165, 1.54) is 6.07 Å². The predicted molar refractivity (Wildman–Crippen MR) is 72.5 cm³/mol. The second-order valence-corrected chi connectivity index (χ2v) is 7.66. The molecular weight excluding hydrogens is 339 g/mol. The smallest absolute Gasteiger partial charge is 0.246 e. The van der Waals surface area contributed by atoms with Crippen LogP contribution in [0.25, 0.3) is 0 Å². The standard InChI is InChI=1S/C11H14BrFN2O3S/c1-11(16)2-3-15(6-11)19(17,18)9-5-7(14)4-8(12)10(9)13/h4-5,16H,2-3,6,14H2,1H3. The average molecular weight is 353 g/mol. The number of hydrogen-bond donors (Lipinski definition) is 2. The molecule has 0 radical (unpaired) electrons. The molecule has 1 heterocycles. The number of anilines is 1. The van der Waals surface area contributed by atoms with Gasteiger partial charge in [-0.25, -0.2) is 12.8 Å². The number of hydrogen-bond acceptors (Lipinski definition) is 4. The number of nitrogens with zero attached hydrogens (tertiary/aromatic N) is 1. The van der Waals surface area contributed by atoms with Gasteiger partial charge >= 0.3 is 0 Å². The molecule has 1 aromatic carbocycles. The van der Waals surface area contributed by atoms with Crippen molar-refractivity contribution in [2.45, 2.75) is 23.8 Å². The Morgan fingerprint density at radius 1 is 1.53 bits per heavy atom. The van der Waals surface area contributed by atoms with E-state index in [1.807, 2.05) is 0 Å². The number of nitrogens with two attached hydrogens (primary N) is 1. The Labute approximate surface area is 119 Å². The van der Waals surface area contributed by atoms with E-state index in [2.05, 4.69) is 15.9 Å². The molecular formula is C11H14BrFN2O3S. The number of nitrogen functional groups attached to an aromatic ring is 1. The van der Waals surface area contributed by atoms with Crippen molar-refractivity contribution in [1.82, 2.24) is 4.31 Å². The highest BCUT2D eigenvalue weighted by molar-refractivity contribution is 9.10. The predicted octanol–water partition coefficient (Wildman–Crippen LogP) is 1.32. The molecule has 19 heavy (non-hydrogen) atoms. The van der Waals surface area contributed by atoms with Gasteiger partial charge in [-0.2, -0.15) is 4.31 Å². The Kier molecular flexibility index (Phi) is 3.63. The molecule has 1 aromatic rings. The van der Waals surface area contributed by atoms with Crippen LogP contribution < -0.4 is 5.73 Å². The number of halogens is 2. The van der Waals surface area contributed by atoms with Gasteiger partial charge in [0.1, 0.15) is 4.90 Å². The largest absolute Gasteiger partial charge is 0.399 e. The van der Waals surface area contributed by atoms with Gasteiger partial charge in [0.2, 0.25) is 10.0 Å². The minimum Gasteiger partial charge on any atom is -0.399 e. The molecule has 0 saturated carbocycles. The topological polar surface area (TPSA) is 83.6 Å². The normalized spacial score (nSPS) is 24.8. The lowest BCUT2D eigenvalue weighted by atomic mass is 10.1. The van der Waals surface area contributed by atoms with E-state index in [-0.39, 0.29) is 23.2 Å². The molecule has 8 heteroatoms. The zero-order valence-corrected chi connectivity index (χ0v) is 12.6. The summed E-state index contributed by atoms with van der Waals surface area (Å²) in [6.45, 7) is 1.65. The van der Waals surface area contributed by atoms with Crippen molar-refractivity contribution in [3.63, 3.8) is 0 Å².